The monoisotopic (exact) mass is 353 g/mol. The largest absolute Gasteiger partial charge is 0.352 e. The highest BCUT2D eigenvalue weighted by atomic mass is 16.2. The van der Waals surface area contributed by atoms with Gasteiger partial charge in [0.1, 0.15) is 6.04 Å². The van der Waals surface area contributed by atoms with Crippen LogP contribution in [-0.4, -0.2) is 18.0 Å². The summed E-state index contributed by atoms with van der Waals surface area (Å²) < 4.78 is 0. The molecule has 0 bridgehead atoms. The molecular weight excluding hydrogens is 326 g/mol. The molecule has 5 heteroatoms. The van der Waals surface area contributed by atoms with E-state index in [1.165, 1.54) is 0 Å². The fourth-order valence-electron chi connectivity index (χ4n) is 2.84. The Morgan fingerprint density at radius 2 is 1.50 bits per heavy atom. The molecule has 0 aliphatic carbocycles. The molecule has 0 unspecified atom stereocenters. The Morgan fingerprint density at radius 1 is 0.923 bits per heavy atom. The van der Waals surface area contributed by atoms with Crippen LogP contribution in [0.5, 0.6) is 0 Å². The smallest absolute Gasteiger partial charge is 0.312 e. The number of rotatable bonds is 7. The molecule has 26 heavy (non-hydrogen) atoms. The number of carbonyl (C=O) groups is 2. The van der Waals surface area contributed by atoms with Crippen LogP contribution >= 0.6 is 0 Å². The van der Waals surface area contributed by atoms with Crippen molar-refractivity contribution in [2.45, 2.75) is 39.3 Å². The standard InChI is InChI=1S/C21H27N3O2/c1-4-14(2)19(24-21(22)26)20(25)23-15(3)16-10-12-18(13-11-16)17-8-6-5-7-9-17/h5-15,19H,4H2,1-3H3,(H,23,25)(H3,22,24,26)/t14-,15+,19+/m0/s1. The van der Waals surface area contributed by atoms with E-state index >= 15 is 0 Å². The molecule has 138 valence electrons. The third kappa shape index (κ3) is 5.09. The number of nitrogens with one attached hydrogen (secondary N) is 2. The topological polar surface area (TPSA) is 84.2 Å². The van der Waals surface area contributed by atoms with Gasteiger partial charge >= 0.3 is 6.03 Å². The van der Waals surface area contributed by atoms with Crippen LogP contribution in [0.3, 0.4) is 0 Å². The van der Waals surface area contributed by atoms with Crippen LogP contribution in [-0.2, 0) is 4.79 Å². The lowest BCUT2D eigenvalue weighted by atomic mass is 9.97. The Hall–Kier alpha value is -2.82. The van der Waals surface area contributed by atoms with Gasteiger partial charge in [-0.15, -0.1) is 0 Å². The summed E-state index contributed by atoms with van der Waals surface area (Å²) in [6, 6.07) is 16.7. The van der Waals surface area contributed by atoms with Gasteiger partial charge in [-0.05, 0) is 29.5 Å². The predicted octanol–water partition coefficient (Wildman–Crippen LogP) is 3.61. The molecule has 0 aliphatic rings. The van der Waals surface area contributed by atoms with E-state index in [2.05, 4.69) is 22.8 Å². The normalized spacial score (nSPS) is 14.1. The molecule has 0 fully saturated rings. The van der Waals surface area contributed by atoms with E-state index < -0.39 is 12.1 Å². The third-order valence-corrected chi connectivity index (χ3v) is 4.67. The molecule has 0 spiro atoms. The van der Waals surface area contributed by atoms with Crippen LogP contribution in [0.25, 0.3) is 11.1 Å². The lowest BCUT2D eigenvalue weighted by Gasteiger charge is -2.25. The molecular formula is C21H27N3O2. The van der Waals surface area contributed by atoms with Crippen LogP contribution in [0.2, 0.25) is 0 Å². The first-order chi connectivity index (χ1) is 12.4. The quantitative estimate of drug-likeness (QED) is 0.710. The van der Waals surface area contributed by atoms with Gasteiger partial charge in [0.05, 0.1) is 6.04 Å². The molecule has 2 aromatic rings. The lowest BCUT2D eigenvalue weighted by molar-refractivity contribution is -0.124. The average Bonchev–Trinajstić information content (AvgIpc) is 2.66. The number of hydrogen-bond donors (Lipinski definition) is 3. The zero-order valence-electron chi connectivity index (χ0n) is 15.5. The third-order valence-electron chi connectivity index (χ3n) is 4.67. The second-order valence-corrected chi connectivity index (χ2v) is 6.59. The van der Waals surface area contributed by atoms with Gasteiger partial charge < -0.3 is 16.4 Å². The fourth-order valence-corrected chi connectivity index (χ4v) is 2.84. The van der Waals surface area contributed by atoms with Crippen molar-refractivity contribution < 1.29 is 9.59 Å². The first-order valence-electron chi connectivity index (χ1n) is 8.94. The number of primary amides is 1. The maximum Gasteiger partial charge on any atom is 0.312 e. The van der Waals surface area contributed by atoms with Crippen LogP contribution in [0.1, 0.15) is 38.8 Å². The highest BCUT2D eigenvalue weighted by molar-refractivity contribution is 5.87. The highest BCUT2D eigenvalue weighted by Gasteiger charge is 2.26. The van der Waals surface area contributed by atoms with Gasteiger partial charge in [0, 0.05) is 0 Å². The SMILES string of the molecule is CC[C@H](C)[C@@H](NC(N)=O)C(=O)N[C@H](C)c1ccc(-c2ccccc2)cc1. The first-order valence-corrected chi connectivity index (χ1v) is 8.94. The van der Waals surface area contributed by atoms with Crippen molar-refractivity contribution in [2.75, 3.05) is 0 Å². The van der Waals surface area contributed by atoms with E-state index in [4.69, 9.17) is 5.73 Å². The van der Waals surface area contributed by atoms with Gasteiger partial charge in [0.15, 0.2) is 0 Å². The van der Waals surface area contributed by atoms with E-state index in [1.807, 2.05) is 63.2 Å². The summed E-state index contributed by atoms with van der Waals surface area (Å²) in [4.78, 5) is 23.8. The summed E-state index contributed by atoms with van der Waals surface area (Å²) in [7, 11) is 0. The summed E-state index contributed by atoms with van der Waals surface area (Å²) in [5, 5.41) is 5.51. The van der Waals surface area contributed by atoms with Crippen LogP contribution in [0.15, 0.2) is 54.6 Å². The van der Waals surface area contributed by atoms with Gasteiger partial charge in [0.25, 0.3) is 0 Å². The Kier molecular flexibility index (Phi) is 6.78. The van der Waals surface area contributed by atoms with Crippen molar-refractivity contribution in [3.8, 4) is 11.1 Å². The molecule has 2 rings (SSSR count). The van der Waals surface area contributed by atoms with Crippen LogP contribution < -0.4 is 16.4 Å². The predicted molar refractivity (Wildman–Crippen MR) is 104 cm³/mol. The minimum atomic E-state index is -0.690. The van der Waals surface area contributed by atoms with Crippen molar-refractivity contribution in [3.63, 3.8) is 0 Å². The molecule has 0 aliphatic heterocycles. The Morgan fingerprint density at radius 3 is 2.04 bits per heavy atom. The second kappa shape index (κ2) is 9.04. The van der Waals surface area contributed by atoms with Gasteiger partial charge in [-0.3, -0.25) is 4.79 Å². The van der Waals surface area contributed by atoms with Gasteiger partial charge in [-0.25, -0.2) is 4.79 Å². The summed E-state index contributed by atoms with van der Waals surface area (Å²) in [5.41, 5.74) is 8.48. The van der Waals surface area contributed by atoms with E-state index in [1.54, 1.807) is 0 Å². The maximum absolute atomic E-state index is 12.6. The number of hydrogen-bond acceptors (Lipinski definition) is 2. The lowest BCUT2D eigenvalue weighted by Crippen LogP contribution is -2.52. The minimum absolute atomic E-state index is 0.00448. The zero-order valence-corrected chi connectivity index (χ0v) is 15.5. The molecule has 2 aromatic carbocycles. The molecule has 0 aromatic heterocycles. The number of amides is 3. The minimum Gasteiger partial charge on any atom is -0.352 e. The summed E-state index contributed by atoms with van der Waals surface area (Å²) in [5.74, 6) is -0.229. The zero-order chi connectivity index (χ0) is 19.1. The van der Waals surface area contributed by atoms with Crippen LogP contribution in [0.4, 0.5) is 4.79 Å². The molecule has 3 atom stereocenters. The van der Waals surface area contributed by atoms with Crippen molar-refractivity contribution in [3.05, 3.63) is 60.2 Å². The van der Waals surface area contributed by atoms with Gasteiger partial charge in [-0.1, -0.05) is 74.9 Å². The van der Waals surface area contributed by atoms with E-state index in [0.717, 1.165) is 23.1 Å². The Labute approximate surface area is 155 Å². The maximum atomic E-state index is 12.6. The fraction of sp³-hybridized carbons (Fsp3) is 0.333. The summed E-state index contributed by atoms with van der Waals surface area (Å²) in [6.45, 7) is 5.81. The number of nitrogens with two attached hydrogens (primary N) is 1. The van der Waals surface area contributed by atoms with Crippen molar-refractivity contribution >= 4 is 11.9 Å². The average molecular weight is 353 g/mol. The summed E-state index contributed by atoms with van der Waals surface area (Å²) in [6.07, 6.45) is 0.762. The number of benzene rings is 2. The first kappa shape index (κ1) is 19.5. The van der Waals surface area contributed by atoms with E-state index in [9.17, 15) is 9.59 Å². The summed E-state index contributed by atoms with van der Waals surface area (Å²) >= 11 is 0. The van der Waals surface area contributed by atoms with Gasteiger partial charge in [-0.2, -0.15) is 0 Å². The second-order valence-electron chi connectivity index (χ2n) is 6.59. The highest BCUT2D eigenvalue weighted by Crippen LogP contribution is 2.22. The number of carbonyl (C=O) groups excluding carboxylic acids is 2. The molecule has 0 saturated heterocycles. The Balaban J connectivity index is 2.07. The number of urea groups is 1. The molecule has 5 nitrogen and oxygen atoms in total. The molecule has 0 radical (unpaired) electrons. The van der Waals surface area contributed by atoms with Crippen LogP contribution in [0, 0.1) is 5.92 Å². The van der Waals surface area contributed by atoms with Crippen molar-refractivity contribution in [2.24, 2.45) is 11.7 Å². The molecule has 0 heterocycles. The molecule has 0 saturated carbocycles. The van der Waals surface area contributed by atoms with E-state index in [0.29, 0.717) is 0 Å². The van der Waals surface area contributed by atoms with E-state index in [-0.39, 0.29) is 17.9 Å². The van der Waals surface area contributed by atoms with Crippen molar-refractivity contribution in [1.29, 1.82) is 0 Å². The molecule has 4 N–H and O–H groups in total. The van der Waals surface area contributed by atoms with Crippen molar-refractivity contribution in [1.82, 2.24) is 10.6 Å². The Bertz CT molecular complexity index is 729. The molecule has 3 amide bonds. The van der Waals surface area contributed by atoms with Gasteiger partial charge in [0.2, 0.25) is 5.91 Å².